The molecule has 0 fully saturated rings. The van der Waals surface area contributed by atoms with Crippen LogP contribution < -0.4 is 5.32 Å². The van der Waals surface area contributed by atoms with Crippen LogP contribution in [0.4, 0.5) is 0 Å². The molecule has 0 aliphatic rings. The Balaban J connectivity index is 4.90. The van der Waals surface area contributed by atoms with Crippen molar-refractivity contribution in [2.24, 2.45) is 0 Å². The minimum atomic E-state index is -1.00. The van der Waals surface area contributed by atoms with Crippen molar-refractivity contribution in [2.45, 2.75) is 65.2 Å². The Morgan fingerprint density at radius 3 is 1.32 bits per heavy atom. The van der Waals surface area contributed by atoms with Crippen LogP contribution in [0.25, 0.3) is 0 Å². The minimum absolute atomic E-state index is 0.586. The van der Waals surface area contributed by atoms with Gasteiger partial charge in [-0.15, -0.1) is 5.32 Å². The van der Waals surface area contributed by atoms with E-state index in [0.29, 0.717) is 26.1 Å². The van der Waals surface area contributed by atoms with Gasteiger partial charge in [0, 0.05) is 27.1 Å². The van der Waals surface area contributed by atoms with Gasteiger partial charge >= 0.3 is 0 Å². The lowest BCUT2D eigenvalue weighted by Gasteiger charge is -2.39. The second kappa shape index (κ2) is 9.66. The second-order valence-electron chi connectivity index (χ2n) is 4.35. The Bertz CT molecular complexity index is 193. The topological polar surface area (TPSA) is 51.0 Å². The maximum Gasteiger partial charge on any atom is 0.247 e. The van der Waals surface area contributed by atoms with E-state index in [1.807, 2.05) is 27.7 Å². The molecule has 0 saturated heterocycles. The third-order valence-corrected chi connectivity index (χ3v) is 2.94. The van der Waals surface area contributed by atoms with Crippen molar-refractivity contribution in [1.29, 1.82) is 0 Å². The van der Waals surface area contributed by atoms with Crippen LogP contribution in [0.5, 0.6) is 0 Å². The van der Waals surface area contributed by atoms with Gasteiger partial charge in [-0.1, -0.05) is 27.7 Å². The molecule has 0 aromatic carbocycles. The lowest BCUT2D eigenvalue weighted by molar-refractivity contribution is -0.337. The predicted octanol–water partition coefficient (Wildman–Crippen LogP) is 2.86. The van der Waals surface area contributed by atoms with Crippen molar-refractivity contribution < 1.29 is 18.9 Å². The SMILES string of the molecule is CCCOC(CC)([N]C(CC)(OC)OCCC)OC. The van der Waals surface area contributed by atoms with Gasteiger partial charge in [0.05, 0.1) is 13.2 Å². The Kier molecular flexibility index (Phi) is 9.56. The molecule has 2 atom stereocenters. The zero-order valence-corrected chi connectivity index (χ0v) is 13.3. The van der Waals surface area contributed by atoms with Crippen molar-refractivity contribution in [3.8, 4) is 0 Å². The predicted molar refractivity (Wildman–Crippen MR) is 74.7 cm³/mol. The number of ether oxygens (including phenoxy) is 4. The van der Waals surface area contributed by atoms with Gasteiger partial charge in [-0.3, -0.25) is 0 Å². The third kappa shape index (κ3) is 5.75. The monoisotopic (exact) mass is 276 g/mol. The molecule has 1 radical (unpaired) electrons. The molecule has 0 bridgehead atoms. The Morgan fingerprint density at radius 2 is 1.11 bits per heavy atom. The molecular formula is C14H30NO4. The third-order valence-electron chi connectivity index (χ3n) is 2.94. The van der Waals surface area contributed by atoms with E-state index in [0.717, 1.165) is 12.8 Å². The Labute approximate surface area is 117 Å². The number of methoxy groups -OCH3 is 2. The van der Waals surface area contributed by atoms with E-state index in [2.05, 4.69) is 5.32 Å². The first kappa shape index (κ1) is 18.8. The molecule has 19 heavy (non-hydrogen) atoms. The fourth-order valence-corrected chi connectivity index (χ4v) is 1.71. The summed E-state index contributed by atoms with van der Waals surface area (Å²) in [5.41, 5.74) is 0. The highest BCUT2D eigenvalue weighted by atomic mass is 16.8. The van der Waals surface area contributed by atoms with E-state index < -0.39 is 11.8 Å². The molecule has 0 N–H and O–H groups in total. The van der Waals surface area contributed by atoms with Crippen molar-refractivity contribution in [3.05, 3.63) is 0 Å². The van der Waals surface area contributed by atoms with Crippen molar-refractivity contribution >= 4 is 0 Å². The van der Waals surface area contributed by atoms with E-state index >= 15 is 0 Å². The average Bonchev–Trinajstić information content (AvgIpc) is 2.48. The first-order chi connectivity index (χ1) is 9.07. The highest BCUT2D eigenvalue weighted by molar-refractivity contribution is 4.74. The maximum absolute atomic E-state index is 5.77. The van der Waals surface area contributed by atoms with Crippen LogP contribution in [0.1, 0.15) is 53.4 Å². The summed E-state index contributed by atoms with van der Waals surface area (Å²) in [5.74, 6) is -2.01. The van der Waals surface area contributed by atoms with Gasteiger partial charge in [0.25, 0.3) is 0 Å². The largest absolute Gasteiger partial charge is 0.340 e. The van der Waals surface area contributed by atoms with Gasteiger partial charge in [-0.25, -0.2) is 0 Å². The Hall–Kier alpha value is -0.200. The van der Waals surface area contributed by atoms with Gasteiger partial charge in [0.2, 0.25) is 11.8 Å². The van der Waals surface area contributed by atoms with E-state index in [-0.39, 0.29) is 0 Å². The average molecular weight is 276 g/mol. The van der Waals surface area contributed by atoms with Crippen molar-refractivity contribution in [1.82, 2.24) is 5.32 Å². The van der Waals surface area contributed by atoms with Gasteiger partial charge in [0.15, 0.2) is 0 Å². The van der Waals surface area contributed by atoms with Gasteiger partial charge in [-0.2, -0.15) is 0 Å². The lowest BCUT2D eigenvalue weighted by atomic mass is 10.2. The fourth-order valence-electron chi connectivity index (χ4n) is 1.71. The number of hydrogen-bond donors (Lipinski definition) is 0. The molecule has 115 valence electrons. The fraction of sp³-hybridized carbons (Fsp3) is 1.00. The van der Waals surface area contributed by atoms with Crippen molar-refractivity contribution in [2.75, 3.05) is 27.4 Å². The van der Waals surface area contributed by atoms with Crippen molar-refractivity contribution in [3.63, 3.8) is 0 Å². The first-order valence-electron chi connectivity index (χ1n) is 7.19. The van der Waals surface area contributed by atoms with Gasteiger partial charge < -0.3 is 18.9 Å². The van der Waals surface area contributed by atoms with Crippen LogP contribution in [-0.2, 0) is 18.9 Å². The summed E-state index contributed by atoms with van der Waals surface area (Å²) in [5, 5.41) is 4.60. The smallest absolute Gasteiger partial charge is 0.247 e. The molecule has 0 aliphatic carbocycles. The molecule has 0 aromatic rings. The normalized spacial score (nSPS) is 18.0. The minimum Gasteiger partial charge on any atom is -0.340 e. The standard InChI is InChI=1S/C14H30NO4/c1-7-11-18-13(9-3,16-5)15-14(10-4,17-6)19-12-8-2/h7-12H2,1-6H3. The molecule has 0 heterocycles. The summed E-state index contributed by atoms with van der Waals surface area (Å²) in [4.78, 5) is 0. The zero-order chi connectivity index (χ0) is 14.8. The maximum atomic E-state index is 5.77. The van der Waals surface area contributed by atoms with Crippen LogP contribution in [0.15, 0.2) is 0 Å². The molecule has 0 aliphatic heterocycles. The summed E-state index contributed by atoms with van der Waals surface area (Å²) in [7, 11) is 3.19. The first-order valence-corrected chi connectivity index (χ1v) is 7.19. The van der Waals surface area contributed by atoms with E-state index in [9.17, 15) is 0 Å². The van der Waals surface area contributed by atoms with E-state index in [4.69, 9.17) is 18.9 Å². The molecule has 5 nitrogen and oxygen atoms in total. The molecule has 2 unspecified atom stereocenters. The van der Waals surface area contributed by atoms with Crippen LogP contribution in [0, 0.1) is 0 Å². The van der Waals surface area contributed by atoms with Crippen LogP contribution in [0.3, 0.4) is 0 Å². The van der Waals surface area contributed by atoms with E-state index in [1.165, 1.54) is 0 Å². The van der Waals surface area contributed by atoms with Crippen LogP contribution >= 0.6 is 0 Å². The molecule has 5 heteroatoms. The molecule has 0 amide bonds. The van der Waals surface area contributed by atoms with Crippen LogP contribution in [-0.4, -0.2) is 39.3 Å². The number of nitrogens with zero attached hydrogens (tertiary/aromatic N) is 1. The molecular weight excluding hydrogens is 246 g/mol. The van der Waals surface area contributed by atoms with Crippen LogP contribution in [0.2, 0.25) is 0 Å². The summed E-state index contributed by atoms with van der Waals surface area (Å²) < 4.78 is 22.5. The molecule has 0 saturated carbocycles. The Morgan fingerprint density at radius 1 is 0.737 bits per heavy atom. The zero-order valence-electron chi connectivity index (χ0n) is 13.3. The van der Waals surface area contributed by atoms with Gasteiger partial charge in [-0.05, 0) is 12.8 Å². The highest BCUT2D eigenvalue weighted by Crippen LogP contribution is 2.25. The second-order valence-corrected chi connectivity index (χ2v) is 4.35. The highest BCUT2D eigenvalue weighted by Gasteiger charge is 2.42. The summed E-state index contributed by atoms with van der Waals surface area (Å²) >= 11 is 0. The number of hydrogen-bond acceptors (Lipinski definition) is 4. The molecule has 0 aromatic heterocycles. The van der Waals surface area contributed by atoms with Gasteiger partial charge in [0.1, 0.15) is 0 Å². The lowest BCUT2D eigenvalue weighted by Crippen LogP contribution is -2.57. The number of rotatable bonds is 12. The molecule has 0 spiro atoms. The van der Waals surface area contributed by atoms with E-state index in [1.54, 1.807) is 14.2 Å². The molecule has 0 rings (SSSR count). The quantitative estimate of drug-likeness (QED) is 0.514. The summed E-state index contributed by atoms with van der Waals surface area (Å²) in [6.07, 6.45) is 3.01. The summed E-state index contributed by atoms with van der Waals surface area (Å²) in [6.45, 7) is 9.21. The summed E-state index contributed by atoms with van der Waals surface area (Å²) in [6, 6.07) is 0.